The third-order valence-corrected chi connectivity index (χ3v) is 13.5. The van der Waals surface area contributed by atoms with E-state index in [0.29, 0.717) is 17.3 Å². The molecule has 0 aromatic carbocycles. The molecule has 4 rings (SSSR count). The molecule has 0 aromatic heterocycles. The molecule has 0 heterocycles. The van der Waals surface area contributed by atoms with E-state index in [4.69, 9.17) is 10.2 Å². The van der Waals surface area contributed by atoms with Crippen molar-refractivity contribution in [1.82, 2.24) is 0 Å². The van der Waals surface area contributed by atoms with Crippen molar-refractivity contribution >= 4 is 11.9 Å². The molecule has 3 fully saturated rings. The van der Waals surface area contributed by atoms with Crippen LogP contribution in [-0.2, 0) is 9.59 Å². The van der Waals surface area contributed by atoms with E-state index in [1.807, 2.05) is 0 Å². The monoisotopic (exact) mass is 645 g/mol. The minimum absolute atomic E-state index is 0.0766. The molecule has 46 heavy (non-hydrogen) atoms. The zero-order valence-electron chi connectivity index (χ0n) is 30.7. The van der Waals surface area contributed by atoms with Crippen molar-refractivity contribution in [2.45, 2.75) is 182 Å². The molecular weight excluding hydrogens is 572 g/mol. The van der Waals surface area contributed by atoms with Crippen LogP contribution in [0.5, 0.6) is 0 Å². The highest BCUT2D eigenvalue weighted by molar-refractivity contribution is 5.92. The van der Waals surface area contributed by atoms with Crippen LogP contribution in [0.3, 0.4) is 0 Å². The van der Waals surface area contributed by atoms with E-state index < -0.39 is 17.9 Å². The number of unbranched alkanes of at least 4 members (excludes halogenated alkanes) is 8. The van der Waals surface area contributed by atoms with Gasteiger partial charge in [0, 0.05) is 0 Å². The summed E-state index contributed by atoms with van der Waals surface area (Å²) in [5.74, 6) is 1.79. The zero-order valence-corrected chi connectivity index (χ0v) is 30.7. The lowest BCUT2D eigenvalue weighted by molar-refractivity contribution is -0.154. The van der Waals surface area contributed by atoms with Gasteiger partial charge in [-0.3, -0.25) is 9.59 Å². The third-order valence-electron chi connectivity index (χ3n) is 13.5. The first-order valence-corrected chi connectivity index (χ1v) is 19.7. The second-order valence-electron chi connectivity index (χ2n) is 17.0. The highest BCUT2D eigenvalue weighted by Gasteiger charge is 2.59. The van der Waals surface area contributed by atoms with E-state index in [0.717, 1.165) is 61.2 Å². The van der Waals surface area contributed by atoms with Crippen LogP contribution in [0.25, 0.3) is 0 Å². The second kappa shape index (κ2) is 18.4. The Balaban J connectivity index is 0.000000280. The van der Waals surface area contributed by atoms with E-state index >= 15 is 0 Å². The number of aliphatic hydroxyl groups is 1. The van der Waals surface area contributed by atoms with Gasteiger partial charge in [0.05, 0.1) is 6.10 Å². The Labute approximate surface area is 282 Å². The highest BCUT2D eigenvalue weighted by atomic mass is 16.4. The van der Waals surface area contributed by atoms with Crippen LogP contribution < -0.4 is 0 Å². The Morgan fingerprint density at radius 3 is 2.02 bits per heavy atom. The number of carboxylic acids is 2. The Hall–Kier alpha value is -1.36. The summed E-state index contributed by atoms with van der Waals surface area (Å²) in [7, 11) is 0. The van der Waals surface area contributed by atoms with Crippen molar-refractivity contribution in [1.29, 1.82) is 0 Å². The lowest BCUT2D eigenvalue weighted by atomic mass is 9.47. The molecular formula is C41H72O5. The molecule has 5 heteroatoms. The maximum absolute atomic E-state index is 10.6. The average Bonchev–Trinajstić information content (AvgIpc) is 3.35. The van der Waals surface area contributed by atoms with Gasteiger partial charge in [0.15, 0.2) is 5.92 Å². The fraction of sp³-hybridized carbons (Fsp3) is 0.902. The van der Waals surface area contributed by atoms with Crippen LogP contribution >= 0.6 is 0 Å². The molecule has 0 spiro atoms. The molecule has 0 aromatic rings. The average molecular weight is 645 g/mol. The van der Waals surface area contributed by atoms with Crippen molar-refractivity contribution in [3.05, 3.63) is 11.6 Å². The lowest BCUT2D eigenvalue weighted by Gasteiger charge is -2.58. The second-order valence-corrected chi connectivity index (χ2v) is 17.0. The van der Waals surface area contributed by atoms with Gasteiger partial charge in [-0.1, -0.05) is 130 Å². The predicted molar refractivity (Wildman–Crippen MR) is 190 cm³/mol. The molecule has 5 nitrogen and oxygen atoms in total. The number of aliphatic carboxylic acids is 2. The molecule has 0 aliphatic heterocycles. The third kappa shape index (κ3) is 10.1. The first-order chi connectivity index (χ1) is 21.8. The number of aliphatic hydroxyl groups excluding tert-OH is 1. The molecule has 4 aliphatic carbocycles. The van der Waals surface area contributed by atoms with Gasteiger partial charge < -0.3 is 15.3 Å². The number of rotatable bonds is 17. The molecule has 0 radical (unpaired) electrons. The smallest absolute Gasteiger partial charge is 0.317 e. The Kier molecular flexibility index (Phi) is 15.6. The van der Waals surface area contributed by atoms with Gasteiger partial charge in [0.1, 0.15) is 0 Å². The van der Waals surface area contributed by atoms with Crippen LogP contribution in [0.4, 0.5) is 0 Å². The van der Waals surface area contributed by atoms with Crippen LogP contribution in [0, 0.1) is 52.3 Å². The molecule has 0 amide bonds. The Morgan fingerprint density at radius 2 is 1.41 bits per heavy atom. The normalized spacial score (nSPS) is 32.5. The van der Waals surface area contributed by atoms with Crippen LogP contribution in [0.1, 0.15) is 176 Å². The SMILES string of the molecule is CC(C)CCC[C@@H](C)[C@H]1CC[C@H]2[C@@H]3CC=C4C[C@@H](O)CC[C@]4(C)[C@H]3CC[C@]12C.CCCCCCCCCCCC(C(=O)O)C(=O)O. The Morgan fingerprint density at radius 1 is 0.783 bits per heavy atom. The molecule has 3 N–H and O–H groups in total. The number of fused-ring (bicyclic) bond motifs is 5. The standard InChI is InChI=1S/C27H46O.C14H26O4/c1-18(2)7-6-8-19(3)23-11-12-24-22-10-9-20-17-21(28)13-15-26(20,4)25(22)14-16-27(23,24)5;1-2-3-4-5-6-7-8-9-10-11-12(13(15)16)14(17)18/h9,18-19,21-25,28H,6-8,10-17H2,1-5H3;12H,2-11H2,1H3,(H,15,16)(H,17,18)/t19-,21+,22+,23-,24+,25+,26+,27-;/m1./s1. The topological polar surface area (TPSA) is 94.8 Å². The summed E-state index contributed by atoms with van der Waals surface area (Å²) in [5.41, 5.74) is 2.60. The molecule has 4 aliphatic rings. The summed E-state index contributed by atoms with van der Waals surface area (Å²) in [6.45, 7) is 14.8. The fourth-order valence-electron chi connectivity index (χ4n) is 10.7. The first-order valence-electron chi connectivity index (χ1n) is 19.7. The van der Waals surface area contributed by atoms with Crippen LogP contribution in [-0.4, -0.2) is 33.4 Å². The van der Waals surface area contributed by atoms with Gasteiger partial charge in [-0.15, -0.1) is 0 Å². The van der Waals surface area contributed by atoms with Gasteiger partial charge in [-0.25, -0.2) is 0 Å². The fourth-order valence-corrected chi connectivity index (χ4v) is 10.7. The minimum Gasteiger partial charge on any atom is -0.481 e. The largest absolute Gasteiger partial charge is 0.481 e. The zero-order chi connectivity index (χ0) is 33.9. The van der Waals surface area contributed by atoms with Crippen LogP contribution in [0.15, 0.2) is 11.6 Å². The van der Waals surface area contributed by atoms with Gasteiger partial charge in [0.2, 0.25) is 0 Å². The summed E-state index contributed by atoms with van der Waals surface area (Å²) >= 11 is 0. The van der Waals surface area contributed by atoms with Gasteiger partial charge in [0.25, 0.3) is 0 Å². The summed E-state index contributed by atoms with van der Waals surface area (Å²) in [4.78, 5) is 21.3. The summed E-state index contributed by atoms with van der Waals surface area (Å²) in [5, 5.41) is 27.6. The van der Waals surface area contributed by atoms with Crippen molar-refractivity contribution in [2.75, 3.05) is 0 Å². The molecule has 8 atom stereocenters. The van der Waals surface area contributed by atoms with Gasteiger partial charge >= 0.3 is 11.9 Å². The van der Waals surface area contributed by atoms with Gasteiger partial charge in [-0.2, -0.15) is 0 Å². The number of hydrogen-bond donors (Lipinski definition) is 3. The molecule has 0 bridgehead atoms. The maximum Gasteiger partial charge on any atom is 0.317 e. The highest BCUT2D eigenvalue weighted by Crippen LogP contribution is 2.67. The summed E-state index contributed by atoms with van der Waals surface area (Å²) in [6.07, 6.45) is 27.7. The van der Waals surface area contributed by atoms with E-state index in [9.17, 15) is 14.7 Å². The first kappa shape index (κ1) is 39.1. The predicted octanol–water partition coefficient (Wildman–Crippen LogP) is 11.1. The summed E-state index contributed by atoms with van der Waals surface area (Å²) in [6, 6.07) is 0. The Bertz CT molecular complexity index is 958. The van der Waals surface area contributed by atoms with Crippen molar-refractivity contribution in [2.24, 2.45) is 52.3 Å². The van der Waals surface area contributed by atoms with Crippen molar-refractivity contribution < 1.29 is 24.9 Å². The van der Waals surface area contributed by atoms with Crippen LogP contribution in [0.2, 0.25) is 0 Å². The molecule has 0 saturated heterocycles. The van der Waals surface area contributed by atoms with E-state index in [-0.39, 0.29) is 12.5 Å². The number of carbonyl (C=O) groups is 2. The van der Waals surface area contributed by atoms with Crippen molar-refractivity contribution in [3.63, 3.8) is 0 Å². The molecule has 0 unspecified atom stereocenters. The number of allylic oxidation sites excluding steroid dienone is 1. The van der Waals surface area contributed by atoms with E-state index in [2.05, 4.69) is 47.6 Å². The maximum atomic E-state index is 10.6. The lowest BCUT2D eigenvalue weighted by Crippen LogP contribution is -2.50. The number of carboxylic acid groups (broad SMARTS) is 2. The van der Waals surface area contributed by atoms with Gasteiger partial charge in [-0.05, 0) is 104 Å². The van der Waals surface area contributed by atoms with E-state index in [1.165, 1.54) is 96.3 Å². The van der Waals surface area contributed by atoms with E-state index in [1.54, 1.807) is 5.57 Å². The quantitative estimate of drug-likeness (QED) is 0.0832. The number of hydrogen-bond acceptors (Lipinski definition) is 3. The molecule has 3 saturated carbocycles. The summed E-state index contributed by atoms with van der Waals surface area (Å²) < 4.78 is 0. The van der Waals surface area contributed by atoms with Crippen molar-refractivity contribution in [3.8, 4) is 0 Å². The minimum atomic E-state index is -1.23. The molecule has 266 valence electrons.